The molecule has 0 heterocycles. The van der Waals surface area contributed by atoms with Gasteiger partial charge in [-0.3, -0.25) is 0 Å². The van der Waals surface area contributed by atoms with Crippen molar-refractivity contribution in [3.05, 3.63) is 24.3 Å². The number of rotatable bonds is 1. The first kappa shape index (κ1) is 6.11. The topological polar surface area (TPSA) is 36.9 Å². The van der Waals surface area contributed by atoms with E-state index in [0.717, 1.165) is 11.4 Å². The van der Waals surface area contributed by atoms with E-state index in [-0.39, 0.29) is 0 Å². The molecule has 0 atom stereocenters. The highest BCUT2D eigenvalue weighted by atomic mass is 16.5. The first-order valence-electron chi connectivity index (χ1n) is 2.79. The quantitative estimate of drug-likeness (QED) is 0.583. The van der Waals surface area contributed by atoms with Gasteiger partial charge in [-0.05, 0) is 12.1 Å². The fourth-order valence-corrected chi connectivity index (χ4v) is 0.626. The predicted octanol–water partition coefficient (Wildman–Crippen LogP) is 0.569. The minimum Gasteiger partial charge on any atom is -0.497 e. The largest absolute Gasteiger partial charge is 0.497 e. The van der Waals surface area contributed by atoms with Crippen LogP contribution in [0.15, 0.2) is 24.3 Å². The molecule has 3 N–H and O–H groups in total. The molecule has 0 aliphatic carbocycles. The van der Waals surface area contributed by atoms with Crippen molar-refractivity contribution in [1.82, 2.24) is 0 Å². The van der Waals surface area contributed by atoms with Gasteiger partial charge >= 0.3 is 0 Å². The standard InChI is InChI=1S/C7H9NO/c1-9-7-4-2-6(8)3-5-7/h2-5H,8H2,1H3/p+1. The molecule has 0 bridgehead atoms. The molecule has 48 valence electrons. The highest BCUT2D eigenvalue weighted by Crippen LogP contribution is 2.10. The van der Waals surface area contributed by atoms with Crippen LogP contribution in [0.3, 0.4) is 0 Å². The van der Waals surface area contributed by atoms with Crippen LogP contribution < -0.4 is 10.5 Å². The lowest BCUT2D eigenvalue weighted by Gasteiger charge is -1.95. The van der Waals surface area contributed by atoms with Gasteiger partial charge in [0, 0.05) is 12.1 Å². The fourth-order valence-electron chi connectivity index (χ4n) is 0.626. The first-order chi connectivity index (χ1) is 4.33. The van der Waals surface area contributed by atoms with E-state index in [1.165, 1.54) is 0 Å². The maximum atomic E-state index is 4.94. The van der Waals surface area contributed by atoms with Crippen LogP contribution in [0.2, 0.25) is 0 Å². The Morgan fingerprint density at radius 3 is 2.22 bits per heavy atom. The predicted molar refractivity (Wildman–Crippen MR) is 35.5 cm³/mol. The van der Waals surface area contributed by atoms with Crippen LogP contribution in [0.1, 0.15) is 0 Å². The monoisotopic (exact) mass is 124 g/mol. The van der Waals surface area contributed by atoms with Gasteiger partial charge in [-0.15, -0.1) is 0 Å². The Balaban J connectivity index is 2.88. The van der Waals surface area contributed by atoms with Crippen LogP contribution in [0.5, 0.6) is 5.75 Å². The third kappa shape index (κ3) is 1.44. The molecule has 0 aromatic heterocycles. The SMILES string of the molecule is COc1ccc([NH3+])cc1. The van der Waals surface area contributed by atoms with Crippen LogP contribution in [-0.4, -0.2) is 7.11 Å². The normalized spacial score (nSPS) is 9.11. The fraction of sp³-hybridized carbons (Fsp3) is 0.143. The molecular formula is C7H10NO+. The number of hydrogen-bond donors (Lipinski definition) is 1. The second-order valence-electron chi connectivity index (χ2n) is 1.85. The number of hydrogen-bond acceptors (Lipinski definition) is 1. The summed E-state index contributed by atoms with van der Waals surface area (Å²) in [6, 6.07) is 7.61. The maximum absolute atomic E-state index is 4.94. The Kier molecular flexibility index (Phi) is 1.70. The van der Waals surface area contributed by atoms with Crippen LogP contribution in [0.25, 0.3) is 0 Å². The summed E-state index contributed by atoms with van der Waals surface area (Å²) in [6.45, 7) is 0. The molecule has 0 saturated heterocycles. The van der Waals surface area contributed by atoms with E-state index in [4.69, 9.17) is 4.74 Å². The van der Waals surface area contributed by atoms with E-state index in [1.807, 2.05) is 24.3 Å². The van der Waals surface area contributed by atoms with Gasteiger partial charge in [-0.1, -0.05) is 0 Å². The molecule has 9 heavy (non-hydrogen) atoms. The average Bonchev–Trinajstić information content (AvgIpc) is 1.90. The van der Waals surface area contributed by atoms with E-state index in [0.29, 0.717) is 0 Å². The summed E-state index contributed by atoms with van der Waals surface area (Å²) in [7, 11) is 1.65. The minimum absolute atomic E-state index is 0.877. The van der Waals surface area contributed by atoms with Crippen molar-refractivity contribution in [2.45, 2.75) is 0 Å². The summed E-state index contributed by atoms with van der Waals surface area (Å²) in [5.74, 6) is 0.877. The second kappa shape index (κ2) is 2.51. The van der Waals surface area contributed by atoms with E-state index >= 15 is 0 Å². The van der Waals surface area contributed by atoms with Crippen LogP contribution in [-0.2, 0) is 0 Å². The number of methoxy groups -OCH3 is 1. The van der Waals surface area contributed by atoms with Gasteiger partial charge in [0.1, 0.15) is 11.4 Å². The molecule has 0 aliphatic heterocycles. The summed E-state index contributed by atoms with van der Waals surface area (Å²) in [6.07, 6.45) is 0. The van der Waals surface area contributed by atoms with Crippen molar-refractivity contribution in [2.75, 3.05) is 7.11 Å². The minimum atomic E-state index is 0.877. The van der Waals surface area contributed by atoms with Crippen LogP contribution >= 0.6 is 0 Å². The lowest BCUT2D eigenvalue weighted by molar-refractivity contribution is -0.254. The molecule has 2 heteroatoms. The van der Waals surface area contributed by atoms with Crippen molar-refractivity contribution >= 4 is 5.69 Å². The van der Waals surface area contributed by atoms with Crippen molar-refractivity contribution in [2.24, 2.45) is 0 Å². The van der Waals surface area contributed by atoms with Gasteiger partial charge in [0.25, 0.3) is 0 Å². The molecule has 1 rings (SSSR count). The molecule has 0 saturated carbocycles. The first-order valence-corrected chi connectivity index (χ1v) is 2.79. The summed E-state index contributed by atoms with van der Waals surface area (Å²) < 4.78 is 4.94. The summed E-state index contributed by atoms with van der Waals surface area (Å²) in [4.78, 5) is 0. The van der Waals surface area contributed by atoms with Crippen molar-refractivity contribution < 1.29 is 10.5 Å². The molecule has 0 radical (unpaired) electrons. The van der Waals surface area contributed by atoms with Crippen LogP contribution in [0, 0.1) is 0 Å². The summed E-state index contributed by atoms with van der Waals surface area (Å²) >= 11 is 0. The molecular weight excluding hydrogens is 114 g/mol. The van der Waals surface area contributed by atoms with Crippen molar-refractivity contribution in [1.29, 1.82) is 0 Å². The molecule has 0 aliphatic rings. The Morgan fingerprint density at radius 2 is 1.78 bits per heavy atom. The lowest BCUT2D eigenvalue weighted by Crippen LogP contribution is -2.39. The summed E-state index contributed by atoms with van der Waals surface area (Å²) in [5, 5.41) is 0. The molecule has 0 spiro atoms. The molecule has 1 aromatic carbocycles. The Morgan fingerprint density at radius 1 is 1.22 bits per heavy atom. The number of ether oxygens (including phenoxy) is 1. The van der Waals surface area contributed by atoms with Gasteiger partial charge in [-0.25, -0.2) is 0 Å². The zero-order valence-corrected chi connectivity index (χ0v) is 5.42. The number of quaternary nitrogens is 1. The third-order valence-electron chi connectivity index (χ3n) is 1.16. The third-order valence-corrected chi connectivity index (χ3v) is 1.16. The van der Waals surface area contributed by atoms with E-state index < -0.39 is 0 Å². The van der Waals surface area contributed by atoms with E-state index in [2.05, 4.69) is 5.73 Å². The van der Waals surface area contributed by atoms with Gasteiger partial charge in [0.05, 0.1) is 7.11 Å². The van der Waals surface area contributed by atoms with Gasteiger partial charge < -0.3 is 10.5 Å². The molecule has 2 nitrogen and oxygen atoms in total. The Labute approximate surface area is 54.2 Å². The van der Waals surface area contributed by atoms with Gasteiger partial charge in [0.2, 0.25) is 0 Å². The Bertz CT molecular complexity index is 181. The average molecular weight is 124 g/mol. The van der Waals surface area contributed by atoms with Gasteiger partial charge in [-0.2, -0.15) is 0 Å². The van der Waals surface area contributed by atoms with Crippen molar-refractivity contribution in [3.8, 4) is 5.75 Å². The Hall–Kier alpha value is -1.02. The zero-order valence-electron chi connectivity index (χ0n) is 5.42. The molecule has 1 aromatic rings. The lowest BCUT2D eigenvalue weighted by atomic mass is 10.3. The molecule has 0 amide bonds. The highest BCUT2D eigenvalue weighted by molar-refractivity contribution is 5.34. The van der Waals surface area contributed by atoms with E-state index in [1.54, 1.807) is 7.11 Å². The zero-order chi connectivity index (χ0) is 6.69. The van der Waals surface area contributed by atoms with Crippen LogP contribution in [0.4, 0.5) is 5.69 Å². The van der Waals surface area contributed by atoms with Gasteiger partial charge in [0.15, 0.2) is 0 Å². The maximum Gasteiger partial charge on any atom is 0.128 e. The smallest absolute Gasteiger partial charge is 0.128 e. The molecule has 0 unspecified atom stereocenters. The second-order valence-corrected chi connectivity index (χ2v) is 1.85. The molecule has 0 fully saturated rings. The number of benzene rings is 1. The van der Waals surface area contributed by atoms with Crippen molar-refractivity contribution in [3.63, 3.8) is 0 Å². The van der Waals surface area contributed by atoms with E-state index in [9.17, 15) is 0 Å². The summed E-state index contributed by atoms with van der Waals surface area (Å²) in [5.41, 5.74) is 4.75. The highest BCUT2D eigenvalue weighted by Gasteiger charge is 1.88.